The SMILES string of the molecule is CCOc1ccc(NCCOC)cc1F. The molecule has 0 radical (unpaired) electrons. The van der Waals surface area contributed by atoms with Crippen molar-refractivity contribution in [3.05, 3.63) is 24.0 Å². The minimum atomic E-state index is -0.348. The van der Waals surface area contributed by atoms with Gasteiger partial charge in [0.2, 0.25) is 0 Å². The molecule has 1 rings (SSSR count). The number of hydrogen-bond donors (Lipinski definition) is 1. The fourth-order valence-corrected chi connectivity index (χ4v) is 1.18. The Bertz CT molecular complexity index is 305. The van der Waals surface area contributed by atoms with Crippen molar-refractivity contribution in [2.75, 3.05) is 32.2 Å². The van der Waals surface area contributed by atoms with Crippen LogP contribution in [0.2, 0.25) is 0 Å². The summed E-state index contributed by atoms with van der Waals surface area (Å²) in [5.74, 6) is -0.0611. The first-order valence-electron chi connectivity index (χ1n) is 4.93. The Labute approximate surface area is 89.2 Å². The van der Waals surface area contributed by atoms with E-state index in [0.29, 0.717) is 19.8 Å². The molecule has 3 nitrogen and oxygen atoms in total. The summed E-state index contributed by atoms with van der Waals surface area (Å²) in [6.07, 6.45) is 0. The van der Waals surface area contributed by atoms with Crippen molar-refractivity contribution in [1.82, 2.24) is 0 Å². The molecule has 0 spiro atoms. The van der Waals surface area contributed by atoms with Gasteiger partial charge in [-0.3, -0.25) is 0 Å². The first-order chi connectivity index (χ1) is 7.27. The lowest BCUT2D eigenvalue weighted by Gasteiger charge is -2.08. The summed E-state index contributed by atoms with van der Waals surface area (Å²) in [5.41, 5.74) is 0.730. The molecule has 0 unspecified atom stereocenters. The van der Waals surface area contributed by atoms with E-state index in [-0.39, 0.29) is 11.6 Å². The number of halogens is 1. The lowest BCUT2D eigenvalue weighted by molar-refractivity contribution is 0.211. The van der Waals surface area contributed by atoms with Crippen LogP contribution in [-0.2, 0) is 4.74 Å². The highest BCUT2D eigenvalue weighted by atomic mass is 19.1. The summed E-state index contributed by atoms with van der Waals surface area (Å²) in [6.45, 7) is 3.54. The molecule has 0 amide bonds. The molecule has 0 saturated heterocycles. The second kappa shape index (κ2) is 6.24. The lowest BCUT2D eigenvalue weighted by atomic mass is 10.3. The van der Waals surface area contributed by atoms with Crippen molar-refractivity contribution in [3.8, 4) is 5.75 Å². The minimum Gasteiger partial charge on any atom is -0.491 e. The highest BCUT2D eigenvalue weighted by Crippen LogP contribution is 2.20. The molecule has 0 atom stereocenters. The quantitative estimate of drug-likeness (QED) is 0.735. The van der Waals surface area contributed by atoms with Crippen LogP contribution in [0.15, 0.2) is 18.2 Å². The van der Waals surface area contributed by atoms with E-state index in [1.165, 1.54) is 6.07 Å². The van der Waals surface area contributed by atoms with Crippen LogP contribution < -0.4 is 10.1 Å². The van der Waals surface area contributed by atoms with Crippen LogP contribution in [0.1, 0.15) is 6.92 Å². The van der Waals surface area contributed by atoms with Gasteiger partial charge in [-0.25, -0.2) is 4.39 Å². The number of hydrogen-bond acceptors (Lipinski definition) is 3. The number of benzene rings is 1. The monoisotopic (exact) mass is 213 g/mol. The molecule has 1 N–H and O–H groups in total. The summed E-state index contributed by atoms with van der Waals surface area (Å²) >= 11 is 0. The van der Waals surface area contributed by atoms with E-state index in [1.54, 1.807) is 19.2 Å². The van der Waals surface area contributed by atoms with Gasteiger partial charge in [-0.2, -0.15) is 0 Å². The van der Waals surface area contributed by atoms with Gasteiger partial charge in [0.05, 0.1) is 13.2 Å². The van der Waals surface area contributed by atoms with Crippen LogP contribution in [0.5, 0.6) is 5.75 Å². The lowest BCUT2D eigenvalue weighted by Crippen LogP contribution is -2.07. The normalized spacial score (nSPS) is 10.1. The van der Waals surface area contributed by atoms with Gasteiger partial charge in [-0.05, 0) is 19.1 Å². The Hall–Kier alpha value is -1.29. The fraction of sp³-hybridized carbons (Fsp3) is 0.455. The molecule has 0 heterocycles. The van der Waals surface area contributed by atoms with E-state index in [0.717, 1.165) is 5.69 Å². The van der Waals surface area contributed by atoms with Crippen LogP contribution >= 0.6 is 0 Å². The van der Waals surface area contributed by atoms with Crippen molar-refractivity contribution in [2.24, 2.45) is 0 Å². The van der Waals surface area contributed by atoms with E-state index < -0.39 is 0 Å². The number of anilines is 1. The van der Waals surface area contributed by atoms with Crippen molar-refractivity contribution in [3.63, 3.8) is 0 Å². The smallest absolute Gasteiger partial charge is 0.167 e. The number of ether oxygens (including phenoxy) is 2. The topological polar surface area (TPSA) is 30.5 Å². The summed E-state index contributed by atoms with van der Waals surface area (Å²) in [4.78, 5) is 0. The van der Waals surface area contributed by atoms with E-state index in [4.69, 9.17) is 9.47 Å². The van der Waals surface area contributed by atoms with Crippen LogP contribution in [-0.4, -0.2) is 26.9 Å². The van der Waals surface area contributed by atoms with E-state index in [1.807, 2.05) is 6.92 Å². The minimum absolute atomic E-state index is 0.287. The van der Waals surface area contributed by atoms with E-state index in [2.05, 4.69) is 5.32 Å². The van der Waals surface area contributed by atoms with Crippen LogP contribution in [0.4, 0.5) is 10.1 Å². The maximum atomic E-state index is 13.4. The zero-order valence-corrected chi connectivity index (χ0v) is 9.05. The summed E-state index contributed by atoms with van der Waals surface area (Å²) in [6, 6.07) is 4.82. The van der Waals surface area contributed by atoms with E-state index in [9.17, 15) is 4.39 Å². The maximum Gasteiger partial charge on any atom is 0.167 e. The molecular weight excluding hydrogens is 197 g/mol. The Balaban J connectivity index is 2.56. The van der Waals surface area contributed by atoms with Crippen molar-refractivity contribution < 1.29 is 13.9 Å². The first-order valence-corrected chi connectivity index (χ1v) is 4.93. The van der Waals surface area contributed by atoms with Crippen molar-refractivity contribution in [2.45, 2.75) is 6.92 Å². The Morgan fingerprint density at radius 1 is 1.40 bits per heavy atom. The third-order valence-corrected chi connectivity index (χ3v) is 1.87. The van der Waals surface area contributed by atoms with E-state index >= 15 is 0 Å². The predicted octanol–water partition coefficient (Wildman–Crippen LogP) is 2.28. The van der Waals surface area contributed by atoms with Gasteiger partial charge in [0.25, 0.3) is 0 Å². The molecule has 0 bridgehead atoms. The number of nitrogens with one attached hydrogen (secondary N) is 1. The molecule has 0 aliphatic heterocycles. The van der Waals surface area contributed by atoms with Crippen LogP contribution in [0.25, 0.3) is 0 Å². The fourth-order valence-electron chi connectivity index (χ4n) is 1.18. The molecule has 1 aromatic rings. The second-order valence-electron chi connectivity index (χ2n) is 3.00. The highest BCUT2D eigenvalue weighted by Gasteiger charge is 2.03. The molecular formula is C11H16FNO2. The highest BCUT2D eigenvalue weighted by molar-refractivity contribution is 5.47. The zero-order chi connectivity index (χ0) is 11.1. The van der Waals surface area contributed by atoms with Gasteiger partial charge >= 0.3 is 0 Å². The molecule has 1 aromatic carbocycles. The summed E-state index contributed by atoms with van der Waals surface area (Å²) in [5, 5.41) is 3.04. The van der Waals surface area contributed by atoms with Crippen LogP contribution in [0, 0.1) is 5.82 Å². The largest absolute Gasteiger partial charge is 0.491 e. The number of rotatable bonds is 6. The van der Waals surface area contributed by atoms with Crippen LogP contribution in [0.3, 0.4) is 0 Å². The number of methoxy groups -OCH3 is 1. The molecule has 0 aliphatic rings. The second-order valence-corrected chi connectivity index (χ2v) is 3.00. The Morgan fingerprint density at radius 3 is 2.80 bits per heavy atom. The molecule has 84 valence electrons. The maximum absolute atomic E-state index is 13.4. The standard InChI is InChI=1S/C11H16FNO2/c1-3-15-11-5-4-9(8-10(11)12)13-6-7-14-2/h4-5,8,13H,3,6-7H2,1-2H3. The molecule has 0 saturated carbocycles. The molecule has 0 fully saturated rings. The predicted molar refractivity (Wildman–Crippen MR) is 57.9 cm³/mol. The first kappa shape index (κ1) is 11.8. The van der Waals surface area contributed by atoms with Gasteiger partial charge in [0, 0.05) is 25.4 Å². The zero-order valence-electron chi connectivity index (χ0n) is 9.05. The van der Waals surface area contributed by atoms with Gasteiger partial charge in [0.1, 0.15) is 0 Å². The third-order valence-electron chi connectivity index (χ3n) is 1.87. The average Bonchev–Trinajstić information content (AvgIpc) is 2.23. The molecule has 15 heavy (non-hydrogen) atoms. The van der Waals surface area contributed by atoms with Gasteiger partial charge in [-0.15, -0.1) is 0 Å². The summed E-state index contributed by atoms with van der Waals surface area (Å²) < 4.78 is 23.3. The molecule has 0 aromatic heterocycles. The van der Waals surface area contributed by atoms with Crippen molar-refractivity contribution in [1.29, 1.82) is 0 Å². The third kappa shape index (κ3) is 3.75. The molecule has 0 aliphatic carbocycles. The summed E-state index contributed by atoms with van der Waals surface area (Å²) in [7, 11) is 1.63. The van der Waals surface area contributed by atoms with Gasteiger partial charge in [-0.1, -0.05) is 0 Å². The molecule has 4 heteroatoms. The Kier molecular flexibility index (Phi) is 4.90. The Morgan fingerprint density at radius 2 is 2.20 bits per heavy atom. The average molecular weight is 213 g/mol. The van der Waals surface area contributed by atoms with Gasteiger partial charge in [0.15, 0.2) is 11.6 Å². The van der Waals surface area contributed by atoms with Crippen molar-refractivity contribution >= 4 is 5.69 Å². The van der Waals surface area contributed by atoms with Gasteiger partial charge < -0.3 is 14.8 Å².